The molecule has 0 spiro atoms. The van der Waals surface area contributed by atoms with Gasteiger partial charge < -0.3 is 5.11 Å². The van der Waals surface area contributed by atoms with E-state index >= 15 is 0 Å². The minimum absolute atomic E-state index is 0. The van der Waals surface area contributed by atoms with Gasteiger partial charge in [-0.25, -0.2) is 4.39 Å². The van der Waals surface area contributed by atoms with Crippen LogP contribution in [0.4, 0.5) is 4.39 Å². The maximum Gasteiger partial charge on any atom is 0.169 e. The van der Waals surface area contributed by atoms with Crippen LogP contribution in [0, 0.1) is 5.82 Å². The van der Waals surface area contributed by atoms with Gasteiger partial charge in [-0.1, -0.05) is 12.1 Å². The minimum atomic E-state index is -0.620. The Morgan fingerprint density at radius 2 is 2.17 bits per heavy atom. The van der Waals surface area contributed by atoms with Crippen LogP contribution in [-0.2, 0) is 6.54 Å². The smallest absolute Gasteiger partial charge is 0.169 e. The van der Waals surface area contributed by atoms with Crippen LogP contribution in [0.1, 0.15) is 5.56 Å². The lowest BCUT2D eigenvalue weighted by Crippen LogP contribution is -2.21. The summed E-state index contributed by atoms with van der Waals surface area (Å²) in [6.45, 7) is 0.209. The van der Waals surface area contributed by atoms with Gasteiger partial charge in [-0.05, 0) is 6.07 Å². The Labute approximate surface area is 75.8 Å². The average molecular weight is 193 g/mol. The molecule has 68 valence electrons. The van der Waals surface area contributed by atoms with Gasteiger partial charge in [-0.3, -0.25) is 11.3 Å². The summed E-state index contributed by atoms with van der Waals surface area (Å²) >= 11 is 0. The van der Waals surface area contributed by atoms with Gasteiger partial charge in [-0.2, -0.15) is 0 Å². The minimum Gasteiger partial charge on any atom is -0.505 e. The van der Waals surface area contributed by atoms with Gasteiger partial charge in [0.2, 0.25) is 0 Å². The summed E-state index contributed by atoms with van der Waals surface area (Å²) in [5.41, 5.74) is 2.66. The number of rotatable bonds is 2. The number of halogens is 2. The topological polar surface area (TPSA) is 58.3 Å². The number of phenols is 1. The van der Waals surface area contributed by atoms with E-state index in [2.05, 4.69) is 5.43 Å². The van der Waals surface area contributed by atoms with E-state index in [4.69, 9.17) is 10.9 Å². The maximum absolute atomic E-state index is 12.8. The predicted octanol–water partition coefficient (Wildman–Crippen LogP) is 0.916. The Balaban J connectivity index is 0.00000121. The summed E-state index contributed by atoms with van der Waals surface area (Å²) in [6, 6.07) is 4.40. The summed E-state index contributed by atoms with van der Waals surface area (Å²) in [5, 5.41) is 8.88. The number of phenolic OH excluding ortho intramolecular Hbond substituents is 1. The monoisotopic (exact) mass is 192 g/mol. The molecule has 1 rings (SSSR count). The van der Waals surface area contributed by atoms with E-state index in [-0.39, 0.29) is 24.7 Å². The number of nitrogens with one attached hydrogen (secondary N) is 1. The van der Waals surface area contributed by atoms with Crippen LogP contribution < -0.4 is 11.3 Å². The molecule has 0 saturated heterocycles. The Morgan fingerprint density at radius 3 is 2.75 bits per heavy atom. The highest BCUT2D eigenvalue weighted by Gasteiger charge is 2.04. The second-order valence-electron chi connectivity index (χ2n) is 2.13. The van der Waals surface area contributed by atoms with Crippen LogP contribution in [0.3, 0.4) is 0 Å². The molecule has 3 nitrogen and oxygen atoms in total. The van der Waals surface area contributed by atoms with Crippen LogP contribution in [0.2, 0.25) is 0 Å². The standard InChI is InChI=1S/C7H9FN2O.ClH/c8-7-5(4-10-9)2-1-3-6(7)11;/h1-3,10-11H,4,9H2;1H. The molecule has 4 N–H and O–H groups in total. The van der Waals surface area contributed by atoms with E-state index in [0.29, 0.717) is 5.56 Å². The highest BCUT2D eigenvalue weighted by Crippen LogP contribution is 2.17. The largest absolute Gasteiger partial charge is 0.505 e. The zero-order valence-corrected chi connectivity index (χ0v) is 7.07. The van der Waals surface area contributed by atoms with Gasteiger partial charge in [0, 0.05) is 12.1 Å². The molecule has 1 aromatic carbocycles. The Morgan fingerprint density at radius 1 is 1.50 bits per heavy atom. The quantitative estimate of drug-likeness (QED) is 0.483. The number of benzene rings is 1. The van der Waals surface area contributed by atoms with E-state index in [0.717, 1.165) is 0 Å². The Hall–Kier alpha value is -0.840. The van der Waals surface area contributed by atoms with Crippen molar-refractivity contribution in [1.29, 1.82) is 0 Å². The van der Waals surface area contributed by atoms with E-state index in [9.17, 15) is 4.39 Å². The molecule has 0 atom stereocenters. The summed E-state index contributed by atoms with van der Waals surface area (Å²) in [5.74, 6) is 4.01. The molecule has 0 bridgehead atoms. The second kappa shape index (κ2) is 4.92. The van der Waals surface area contributed by atoms with Gasteiger partial charge in [0.05, 0.1) is 0 Å². The number of hydrogen-bond acceptors (Lipinski definition) is 3. The molecule has 0 unspecified atom stereocenters. The first-order valence-corrected chi connectivity index (χ1v) is 3.15. The molecule has 0 saturated carbocycles. The van der Waals surface area contributed by atoms with Crippen molar-refractivity contribution in [3.63, 3.8) is 0 Å². The zero-order valence-electron chi connectivity index (χ0n) is 6.25. The molecule has 0 aromatic heterocycles. The SMILES string of the molecule is Cl.NNCc1cccc(O)c1F. The van der Waals surface area contributed by atoms with Crippen molar-refractivity contribution < 1.29 is 9.50 Å². The van der Waals surface area contributed by atoms with Crippen molar-refractivity contribution in [1.82, 2.24) is 5.43 Å². The predicted molar refractivity (Wildman–Crippen MR) is 46.3 cm³/mol. The van der Waals surface area contributed by atoms with Gasteiger partial charge in [0.1, 0.15) is 0 Å². The van der Waals surface area contributed by atoms with Gasteiger partial charge in [-0.15, -0.1) is 12.4 Å². The highest BCUT2D eigenvalue weighted by molar-refractivity contribution is 5.85. The third kappa shape index (κ3) is 2.34. The first-order valence-electron chi connectivity index (χ1n) is 3.15. The van der Waals surface area contributed by atoms with Crippen molar-refractivity contribution in [2.24, 2.45) is 5.84 Å². The number of nitrogens with two attached hydrogens (primary N) is 1. The lowest BCUT2D eigenvalue weighted by Gasteiger charge is -2.02. The highest BCUT2D eigenvalue weighted by atomic mass is 35.5. The molecule has 0 aliphatic carbocycles. The van der Waals surface area contributed by atoms with Gasteiger partial charge >= 0.3 is 0 Å². The average Bonchev–Trinajstić information content (AvgIpc) is 1.99. The Bertz CT molecular complexity index is 257. The Kier molecular flexibility index (Phi) is 4.58. The summed E-state index contributed by atoms with van der Waals surface area (Å²) < 4.78 is 12.8. The van der Waals surface area contributed by atoms with E-state index in [1.165, 1.54) is 6.07 Å². The lowest BCUT2D eigenvalue weighted by molar-refractivity contribution is 0.427. The molecule has 0 radical (unpaired) electrons. The normalized spacial score (nSPS) is 9.17. The van der Waals surface area contributed by atoms with Gasteiger partial charge in [0.25, 0.3) is 0 Å². The fourth-order valence-electron chi connectivity index (χ4n) is 0.813. The molecular formula is C7H10ClFN2O. The molecule has 0 heterocycles. The first-order chi connectivity index (χ1) is 5.25. The van der Waals surface area contributed by atoms with Crippen molar-refractivity contribution in [3.8, 4) is 5.75 Å². The molecule has 5 heteroatoms. The molecule has 1 aromatic rings. The summed E-state index contributed by atoms with van der Waals surface area (Å²) in [7, 11) is 0. The molecule has 0 aliphatic heterocycles. The van der Waals surface area contributed by atoms with Crippen LogP contribution >= 0.6 is 12.4 Å². The van der Waals surface area contributed by atoms with Crippen LogP contribution in [0.15, 0.2) is 18.2 Å². The summed E-state index contributed by atoms with van der Waals surface area (Å²) in [6.07, 6.45) is 0. The third-order valence-electron chi connectivity index (χ3n) is 1.35. The fraction of sp³-hybridized carbons (Fsp3) is 0.143. The molecular weight excluding hydrogens is 183 g/mol. The zero-order chi connectivity index (χ0) is 8.27. The molecule has 12 heavy (non-hydrogen) atoms. The number of hydrogen-bond donors (Lipinski definition) is 3. The number of hydrazine groups is 1. The second-order valence-corrected chi connectivity index (χ2v) is 2.13. The maximum atomic E-state index is 12.8. The van der Waals surface area contributed by atoms with Crippen LogP contribution in [-0.4, -0.2) is 5.11 Å². The van der Waals surface area contributed by atoms with Crippen LogP contribution in [0.25, 0.3) is 0 Å². The third-order valence-corrected chi connectivity index (χ3v) is 1.35. The fourth-order valence-corrected chi connectivity index (χ4v) is 0.813. The van der Waals surface area contributed by atoms with Crippen molar-refractivity contribution >= 4 is 12.4 Å². The van der Waals surface area contributed by atoms with Crippen molar-refractivity contribution in [2.45, 2.75) is 6.54 Å². The van der Waals surface area contributed by atoms with Crippen molar-refractivity contribution in [2.75, 3.05) is 0 Å². The van der Waals surface area contributed by atoms with E-state index < -0.39 is 5.82 Å². The summed E-state index contributed by atoms with van der Waals surface area (Å²) in [4.78, 5) is 0. The molecule has 0 fully saturated rings. The lowest BCUT2D eigenvalue weighted by atomic mass is 10.2. The molecule has 0 amide bonds. The van der Waals surface area contributed by atoms with E-state index in [1.807, 2.05) is 0 Å². The van der Waals surface area contributed by atoms with Crippen LogP contribution in [0.5, 0.6) is 5.75 Å². The van der Waals surface area contributed by atoms with Gasteiger partial charge in [0.15, 0.2) is 11.6 Å². The first kappa shape index (κ1) is 11.2. The van der Waals surface area contributed by atoms with Crippen molar-refractivity contribution in [3.05, 3.63) is 29.6 Å². The molecule has 0 aliphatic rings. The number of aromatic hydroxyl groups is 1. The van der Waals surface area contributed by atoms with E-state index in [1.54, 1.807) is 12.1 Å².